The van der Waals surface area contributed by atoms with Crippen molar-refractivity contribution in [2.45, 2.75) is 13.8 Å². The zero-order chi connectivity index (χ0) is 19.1. The fourth-order valence-corrected chi connectivity index (χ4v) is 2.53. The summed E-state index contributed by atoms with van der Waals surface area (Å²) in [7, 11) is 0. The predicted molar refractivity (Wildman–Crippen MR) is 106 cm³/mol. The standard InChI is InChI=1S/C20H22N6O/c1-14-6-3-4-8-16(14)20(27)22-13-12-21-17-10-11-19(26-25-17)24-18-9-5-7-15(2)23-18/h3-11H,12-13H2,1-2H3,(H,21,25)(H,22,27)(H,23,24,26). The van der Waals surface area contributed by atoms with Crippen LogP contribution in [0.1, 0.15) is 21.6 Å². The Morgan fingerprint density at radius 3 is 2.37 bits per heavy atom. The molecule has 27 heavy (non-hydrogen) atoms. The molecule has 0 atom stereocenters. The first-order chi connectivity index (χ1) is 13.1. The minimum Gasteiger partial charge on any atom is -0.367 e. The number of nitrogens with zero attached hydrogens (tertiary/aromatic N) is 3. The van der Waals surface area contributed by atoms with Gasteiger partial charge in [-0.25, -0.2) is 4.98 Å². The highest BCUT2D eigenvalue weighted by Gasteiger charge is 2.07. The molecule has 1 aromatic carbocycles. The third kappa shape index (κ3) is 5.24. The first kappa shape index (κ1) is 18.3. The summed E-state index contributed by atoms with van der Waals surface area (Å²) >= 11 is 0. The Morgan fingerprint density at radius 2 is 1.63 bits per heavy atom. The summed E-state index contributed by atoms with van der Waals surface area (Å²) in [4.78, 5) is 16.5. The second-order valence-corrected chi connectivity index (χ2v) is 6.09. The molecular weight excluding hydrogens is 340 g/mol. The van der Waals surface area contributed by atoms with Crippen LogP contribution >= 0.6 is 0 Å². The lowest BCUT2D eigenvalue weighted by atomic mass is 10.1. The third-order valence-electron chi connectivity index (χ3n) is 3.92. The van der Waals surface area contributed by atoms with Crippen molar-refractivity contribution in [3.63, 3.8) is 0 Å². The average Bonchev–Trinajstić information content (AvgIpc) is 2.67. The lowest BCUT2D eigenvalue weighted by Crippen LogP contribution is -2.29. The maximum absolute atomic E-state index is 12.1. The van der Waals surface area contributed by atoms with Gasteiger partial charge >= 0.3 is 0 Å². The van der Waals surface area contributed by atoms with Crippen molar-refractivity contribution in [3.8, 4) is 0 Å². The van der Waals surface area contributed by atoms with Crippen LogP contribution in [0.25, 0.3) is 0 Å². The van der Waals surface area contributed by atoms with E-state index in [1.54, 1.807) is 0 Å². The quantitative estimate of drug-likeness (QED) is 0.560. The third-order valence-corrected chi connectivity index (χ3v) is 3.92. The molecule has 0 radical (unpaired) electrons. The molecule has 0 aliphatic rings. The van der Waals surface area contributed by atoms with Gasteiger partial charge in [0.05, 0.1) is 0 Å². The number of amides is 1. The fourth-order valence-electron chi connectivity index (χ4n) is 2.53. The van der Waals surface area contributed by atoms with Crippen LogP contribution in [-0.2, 0) is 0 Å². The summed E-state index contributed by atoms with van der Waals surface area (Å²) < 4.78 is 0. The maximum Gasteiger partial charge on any atom is 0.251 e. The molecule has 0 unspecified atom stereocenters. The fraction of sp³-hybridized carbons (Fsp3) is 0.200. The number of carbonyl (C=O) groups is 1. The number of nitrogens with one attached hydrogen (secondary N) is 3. The smallest absolute Gasteiger partial charge is 0.251 e. The summed E-state index contributed by atoms with van der Waals surface area (Å²) in [5, 5.41) is 17.4. The van der Waals surface area contributed by atoms with Gasteiger partial charge in [-0.1, -0.05) is 24.3 Å². The van der Waals surface area contributed by atoms with Crippen LogP contribution < -0.4 is 16.0 Å². The summed E-state index contributed by atoms with van der Waals surface area (Å²) in [6.45, 7) is 4.90. The van der Waals surface area contributed by atoms with E-state index in [9.17, 15) is 4.79 Å². The summed E-state index contributed by atoms with van der Waals surface area (Å²) in [5.74, 6) is 1.91. The van der Waals surface area contributed by atoms with E-state index >= 15 is 0 Å². The largest absolute Gasteiger partial charge is 0.367 e. The molecule has 7 heteroatoms. The van der Waals surface area contributed by atoms with E-state index in [0.29, 0.717) is 30.3 Å². The van der Waals surface area contributed by atoms with Crippen LogP contribution in [-0.4, -0.2) is 34.2 Å². The van der Waals surface area contributed by atoms with Crippen LogP contribution in [0.15, 0.2) is 54.6 Å². The van der Waals surface area contributed by atoms with Crippen molar-refractivity contribution in [2.75, 3.05) is 23.7 Å². The Hall–Kier alpha value is -3.48. The molecule has 3 rings (SSSR count). The second kappa shape index (κ2) is 8.75. The van der Waals surface area contributed by atoms with Crippen LogP contribution in [0.4, 0.5) is 17.5 Å². The lowest BCUT2D eigenvalue weighted by Gasteiger charge is -2.09. The highest BCUT2D eigenvalue weighted by atomic mass is 16.1. The molecule has 3 aromatic rings. The van der Waals surface area contributed by atoms with E-state index in [0.717, 1.165) is 17.1 Å². The minimum absolute atomic E-state index is 0.0776. The first-order valence-corrected chi connectivity index (χ1v) is 8.74. The highest BCUT2D eigenvalue weighted by molar-refractivity contribution is 5.95. The van der Waals surface area contributed by atoms with E-state index in [-0.39, 0.29) is 5.91 Å². The van der Waals surface area contributed by atoms with E-state index in [1.807, 2.05) is 68.4 Å². The van der Waals surface area contributed by atoms with Crippen molar-refractivity contribution < 1.29 is 4.79 Å². The number of pyridine rings is 1. The maximum atomic E-state index is 12.1. The Balaban J connectivity index is 1.45. The minimum atomic E-state index is -0.0776. The number of hydrogen-bond acceptors (Lipinski definition) is 6. The molecule has 1 amide bonds. The van der Waals surface area contributed by atoms with Crippen molar-refractivity contribution in [3.05, 3.63) is 71.4 Å². The first-order valence-electron chi connectivity index (χ1n) is 8.74. The van der Waals surface area contributed by atoms with Gasteiger partial charge in [-0.05, 0) is 49.7 Å². The molecule has 0 aliphatic carbocycles. The Kier molecular flexibility index (Phi) is 5.94. The number of aryl methyl sites for hydroxylation is 2. The molecule has 0 saturated heterocycles. The molecule has 2 heterocycles. The summed E-state index contributed by atoms with van der Waals surface area (Å²) in [6.07, 6.45) is 0. The molecule has 0 saturated carbocycles. The van der Waals surface area contributed by atoms with E-state index < -0.39 is 0 Å². The van der Waals surface area contributed by atoms with E-state index in [4.69, 9.17) is 0 Å². The summed E-state index contributed by atoms with van der Waals surface area (Å²) in [5.41, 5.74) is 2.58. The molecule has 138 valence electrons. The molecule has 0 aliphatic heterocycles. The Bertz CT molecular complexity index is 910. The van der Waals surface area contributed by atoms with Crippen LogP contribution in [0, 0.1) is 13.8 Å². The van der Waals surface area contributed by atoms with Crippen LogP contribution in [0.5, 0.6) is 0 Å². The van der Waals surface area contributed by atoms with Crippen molar-refractivity contribution in [1.29, 1.82) is 0 Å². The Labute approximate surface area is 158 Å². The molecule has 3 N–H and O–H groups in total. The molecule has 7 nitrogen and oxygen atoms in total. The zero-order valence-electron chi connectivity index (χ0n) is 15.4. The number of carbonyl (C=O) groups excluding carboxylic acids is 1. The highest BCUT2D eigenvalue weighted by Crippen LogP contribution is 2.12. The number of aromatic nitrogens is 3. The van der Waals surface area contributed by atoms with E-state index in [1.165, 1.54) is 0 Å². The average molecular weight is 362 g/mol. The number of hydrogen-bond donors (Lipinski definition) is 3. The van der Waals surface area contributed by atoms with E-state index in [2.05, 4.69) is 31.1 Å². The Morgan fingerprint density at radius 1 is 0.852 bits per heavy atom. The van der Waals surface area contributed by atoms with Crippen LogP contribution in [0.2, 0.25) is 0 Å². The predicted octanol–water partition coefficient (Wildman–Crippen LogP) is 3.07. The van der Waals surface area contributed by atoms with Gasteiger partial charge in [0, 0.05) is 24.3 Å². The number of benzene rings is 1. The lowest BCUT2D eigenvalue weighted by molar-refractivity contribution is 0.0954. The van der Waals surface area contributed by atoms with Gasteiger partial charge in [-0.3, -0.25) is 4.79 Å². The van der Waals surface area contributed by atoms with Crippen molar-refractivity contribution >= 4 is 23.4 Å². The monoisotopic (exact) mass is 362 g/mol. The van der Waals surface area contributed by atoms with Crippen LogP contribution in [0.3, 0.4) is 0 Å². The molecule has 0 spiro atoms. The van der Waals surface area contributed by atoms with Gasteiger partial charge in [0.2, 0.25) is 0 Å². The molecular formula is C20H22N6O. The van der Waals surface area contributed by atoms with Crippen molar-refractivity contribution in [2.24, 2.45) is 0 Å². The number of rotatable bonds is 7. The SMILES string of the molecule is Cc1cccc(Nc2ccc(NCCNC(=O)c3ccccc3C)nn2)n1. The number of anilines is 3. The van der Waals surface area contributed by atoms with Crippen molar-refractivity contribution in [1.82, 2.24) is 20.5 Å². The van der Waals surface area contributed by atoms with Gasteiger partial charge in [0.1, 0.15) is 11.6 Å². The molecule has 0 bridgehead atoms. The topological polar surface area (TPSA) is 91.8 Å². The van der Waals surface area contributed by atoms with Gasteiger partial charge in [0.25, 0.3) is 5.91 Å². The second-order valence-electron chi connectivity index (χ2n) is 6.09. The normalized spacial score (nSPS) is 10.3. The van der Waals surface area contributed by atoms with Gasteiger partial charge < -0.3 is 16.0 Å². The molecule has 0 fully saturated rings. The summed E-state index contributed by atoms with van der Waals surface area (Å²) in [6, 6.07) is 16.9. The van der Waals surface area contributed by atoms with Gasteiger partial charge in [0.15, 0.2) is 5.82 Å². The molecule has 2 aromatic heterocycles. The van der Waals surface area contributed by atoms with Gasteiger partial charge in [-0.2, -0.15) is 0 Å². The van der Waals surface area contributed by atoms with Gasteiger partial charge in [-0.15, -0.1) is 10.2 Å². The zero-order valence-corrected chi connectivity index (χ0v) is 15.4.